The molecule has 0 unspecified atom stereocenters. The van der Waals surface area contributed by atoms with E-state index >= 15 is 0 Å². The molecule has 0 atom stereocenters. The van der Waals surface area contributed by atoms with Gasteiger partial charge in [0.15, 0.2) is 5.69 Å². The third-order valence-corrected chi connectivity index (χ3v) is 4.79. The van der Waals surface area contributed by atoms with Crippen LogP contribution in [0.15, 0.2) is 60.8 Å². The van der Waals surface area contributed by atoms with Crippen molar-refractivity contribution in [3.8, 4) is 5.69 Å². The van der Waals surface area contributed by atoms with Crippen LogP contribution >= 0.6 is 0 Å². The summed E-state index contributed by atoms with van der Waals surface area (Å²) in [5, 5.41) is 14.9. The van der Waals surface area contributed by atoms with Crippen LogP contribution in [-0.4, -0.2) is 37.8 Å². The third-order valence-electron chi connectivity index (χ3n) is 4.79. The van der Waals surface area contributed by atoms with Crippen LogP contribution in [0.1, 0.15) is 40.4 Å². The van der Waals surface area contributed by atoms with Gasteiger partial charge in [-0.2, -0.15) is 0 Å². The lowest BCUT2D eigenvalue weighted by Crippen LogP contribution is -2.31. The van der Waals surface area contributed by atoms with Crippen LogP contribution in [0, 0.1) is 6.92 Å². The van der Waals surface area contributed by atoms with Gasteiger partial charge in [-0.05, 0) is 45.0 Å². The number of benzene rings is 2. The number of hydrogen-bond donors (Lipinski definition) is 2. The molecule has 0 aliphatic carbocycles. The first kappa shape index (κ1) is 20.2. The lowest BCUT2D eigenvalue weighted by molar-refractivity contribution is 0.0944. The highest BCUT2D eigenvalue weighted by atomic mass is 16.2. The van der Waals surface area contributed by atoms with Crippen molar-refractivity contribution in [1.29, 1.82) is 0 Å². The fraction of sp³-hybridized carbons (Fsp3) is 0.174. The van der Waals surface area contributed by atoms with Gasteiger partial charge in [-0.25, -0.2) is 4.68 Å². The fourth-order valence-electron chi connectivity index (χ4n) is 3.34. The van der Waals surface area contributed by atoms with E-state index in [1.165, 1.54) is 0 Å². The first-order chi connectivity index (χ1) is 15.0. The second-order valence-electron chi connectivity index (χ2n) is 7.42. The largest absolute Gasteiger partial charge is 0.350 e. The summed E-state index contributed by atoms with van der Waals surface area (Å²) in [5.41, 5.74) is 3.03. The number of nitrogens with zero attached hydrogens (tertiary/aromatic N) is 4. The van der Waals surface area contributed by atoms with Crippen LogP contribution in [0.25, 0.3) is 16.6 Å². The summed E-state index contributed by atoms with van der Waals surface area (Å²) in [6, 6.07) is 16.4. The lowest BCUT2D eigenvalue weighted by Gasteiger charge is -2.13. The quantitative estimate of drug-likeness (QED) is 0.520. The smallest absolute Gasteiger partial charge is 0.278 e. The molecule has 8 heteroatoms. The molecule has 0 aliphatic rings. The number of hydrogen-bond acceptors (Lipinski definition) is 5. The predicted molar refractivity (Wildman–Crippen MR) is 118 cm³/mol. The molecule has 2 aromatic heterocycles. The Bertz CT molecular complexity index is 1270. The van der Waals surface area contributed by atoms with Crippen LogP contribution < -0.4 is 10.6 Å². The summed E-state index contributed by atoms with van der Waals surface area (Å²) in [6.07, 6.45) is 1.71. The number of aromatic nitrogens is 4. The summed E-state index contributed by atoms with van der Waals surface area (Å²) in [4.78, 5) is 29.9. The maximum atomic E-state index is 13.0. The number of rotatable bonds is 5. The monoisotopic (exact) mass is 414 g/mol. The summed E-state index contributed by atoms with van der Waals surface area (Å²) >= 11 is 0. The van der Waals surface area contributed by atoms with Crippen molar-refractivity contribution in [2.24, 2.45) is 0 Å². The Balaban J connectivity index is 1.65. The number of nitrogens with one attached hydrogen (secondary N) is 2. The minimum Gasteiger partial charge on any atom is -0.350 e. The zero-order valence-electron chi connectivity index (χ0n) is 17.5. The lowest BCUT2D eigenvalue weighted by atomic mass is 10.1. The highest BCUT2D eigenvalue weighted by Crippen LogP contribution is 2.22. The number of anilines is 1. The zero-order chi connectivity index (χ0) is 22.0. The predicted octanol–water partition coefficient (Wildman–Crippen LogP) is 3.51. The van der Waals surface area contributed by atoms with Gasteiger partial charge in [-0.3, -0.25) is 14.6 Å². The maximum absolute atomic E-state index is 13.0. The highest BCUT2D eigenvalue weighted by molar-refractivity contribution is 6.08. The first-order valence-electron chi connectivity index (χ1n) is 9.93. The highest BCUT2D eigenvalue weighted by Gasteiger charge is 2.21. The maximum Gasteiger partial charge on any atom is 0.278 e. The van der Waals surface area contributed by atoms with Crippen molar-refractivity contribution < 1.29 is 9.59 Å². The average molecular weight is 414 g/mol. The van der Waals surface area contributed by atoms with E-state index in [1.807, 2.05) is 44.2 Å². The number of amides is 2. The molecule has 2 aromatic carbocycles. The normalized spacial score (nSPS) is 11.0. The van der Waals surface area contributed by atoms with Crippen molar-refractivity contribution >= 4 is 28.4 Å². The van der Waals surface area contributed by atoms with Gasteiger partial charge in [0.1, 0.15) is 0 Å². The van der Waals surface area contributed by atoms with Crippen LogP contribution in [0.2, 0.25) is 0 Å². The van der Waals surface area contributed by atoms with Crippen molar-refractivity contribution in [1.82, 2.24) is 25.3 Å². The zero-order valence-corrected chi connectivity index (χ0v) is 17.5. The molecule has 0 spiro atoms. The van der Waals surface area contributed by atoms with Gasteiger partial charge in [0.25, 0.3) is 11.8 Å². The molecule has 2 N–H and O–H groups in total. The topological polar surface area (TPSA) is 102 Å². The van der Waals surface area contributed by atoms with Crippen LogP contribution in [0.5, 0.6) is 0 Å². The Morgan fingerprint density at radius 1 is 0.968 bits per heavy atom. The van der Waals surface area contributed by atoms with Gasteiger partial charge < -0.3 is 10.6 Å². The van der Waals surface area contributed by atoms with Gasteiger partial charge >= 0.3 is 0 Å². The van der Waals surface area contributed by atoms with Crippen LogP contribution in [-0.2, 0) is 0 Å². The van der Waals surface area contributed by atoms with E-state index in [9.17, 15) is 9.59 Å². The van der Waals surface area contributed by atoms with Crippen LogP contribution in [0.3, 0.4) is 0 Å². The van der Waals surface area contributed by atoms with E-state index in [1.54, 1.807) is 42.1 Å². The standard InChI is InChI=1S/C23H22N6O2/c1-14(2)25-22(30)17-10-4-5-11-18(17)26-23(31)20-15(3)29(28-27-20)19-12-6-8-16-9-7-13-24-21(16)19/h4-14H,1-3H3,(H,25,30)(H,26,31). The van der Waals surface area contributed by atoms with Gasteiger partial charge in [0.2, 0.25) is 0 Å². The van der Waals surface area contributed by atoms with E-state index in [4.69, 9.17) is 0 Å². The molecule has 4 rings (SSSR count). The van der Waals surface area contributed by atoms with Gasteiger partial charge in [-0.15, -0.1) is 5.10 Å². The number of carbonyl (C=O) groups is 2. The van der Waals surface area contributed by atoms with Gasteiger partial charge in [-0.1, -0.05) is 35.5 Å². The molecule has 0 saturated heterocycles. The average Bonchev–Trinajstić information content (AvgIpc) is 3.14. The summed E-state index contributed by atoms with van der Waals surface area (Å²) in [5.74, 6) is -0.699. The molecule has 0 bridgehead atoms. The summed E-state index contributed by atoms with van der Waals surface area (Å²) in [6.45, 7) is 5.53. The molecule has 2 heterocycles. The minimum atomic E-state index is -0.443. The summed E-state index contributed by atoms with van der Waals surface area (Å²) < 4.78 is 1.60. The van der Waals surface area contributed by atoms with Crippen molar-refractivity contribution in [3.63, 3.8) is 0 Å². The van der Waals surface area contributed by atoms with Crippen molar-refractivity contribution in [2.75, 3.05) is 5.32 Å². The molecular weight excluding hydrogens is 392 g/mol. The first-order valence-corrected chi connectivity index (χ1v) is 9.93. The molecule has 4 aromatic rings. The number of para-hydroxylation sites is 2. The van der Waals surface area contributed by atoms with E-state index < -0.39 is 5.91 Å². The number of fused-ring (bicyclic) bond motifs is 1. The Morgan fingerprint density at radius 2 is 1.74 bits per heavy atom. The number of pyridine rings is 1. The Hall–Kier alpha value is -4.07. The second kappa shape index (κ2) is 8.35. The molecule has 156 valence electrons. The molecular formula is C23H22N6O2. The SMILES string of the molecule is Cc1c(C(=O)Nc2ccccc2C(=O)NC(C)C)nnn1-c1cccc2cccnc12. The molecule has 31 heavy (non-hydrogen) atoms. The molecule has 2 amide bonds. The molecule has 0 fully saturated rings. The molecule has 0 aliphatic heterocycles. The Labute approximate surface area is 179 Å². The molecule has 0 saturated carbocycles. The van der Waals surface area contributed by atoms with E-state index in [-0.39, 0.29) is 17.6 Å². The Kier molecular flexibility index (Phi) is 5.44. The van der Waals surface area contributed by atoms with Gasteiger partial charge in [0.05, 0.1) is 28.1 Å². The Morgan fingerprint density at radius 3 is 2.55 bits per heavy atom. The molecule has 0 radical (unpaired) electrons. The fourth-order valence-corrected chi connectivity index (χ4v) is 3.34. The second-order valence-corrected chi connectivity index (χ2v) is 7.42. The van der Waals surface area contributed by atoms with E-state index in [0.29, 0.717) is 16.9 Å². The van der Waals surface area contributed by atoms with E-state index in [2.05, 4.69) is 25.9 Å². The van der Waals surface area contributed by atoms with Crippen molar-refractivity contribution in [3.05, 3.63) is 77.7 Å². The van der Waals surface area contributed by atoms with E-state index in [0.717, 1.165) is 16.6 Å². The van der Waals surface area contributed by atoms with Crippen LogP contribution in [0.4, 0.5) is 5.69 Å². The van der Waals surface area contributed by atoms with Gasteiger partial charge in [0, 0.05) is 17.6 Å². The van der Waals surface area contributed by atoms with Crippen molar-refractivity contribution in [2.45, 2.75) is 26.8 Å². The minimum absolute atomic E-state index is 0.0206. The number of carbonyl (C=O) groups excluding carboxylic acids is 2. The molecule has 8 nitrogen and oxygen atoms in total. The third kappa shape index (κ3) is 4.00. The summed E-state index contributed by atoms with van der Waals surface area (Å²) in [7, 11) is 0.